The number of rotatable bonds is 3. The number of nitrogens with one attached hydrogen (secondary N) is 1. The number of hydrogen-bond acceptors (Lipinski definition) is 3. The van der Waals surface area contributed by atoms with Gasteiger partial charge in [0.25, 0.3) is 0 Å². The summed E-state index contributed by atoms with van der Waals surface area (Å²) in [6.07, 6.45) is 0. The van der Waals surface area contributed by atoms with E-state index in [1.54, 1.807) is 20.9 Å². The van der Waals surface area contributed by atoms with Crippen LogP contribution in [0.5, 0.6) is 0 Å². The van der Waals surface area contributed by atoms with E-state index >= 15 is 0 Å². The molecule has 0 unspecified atom stereocenters. The predicted octanol–water partition coefficient (Wildman–Crippen LogP) is 3.23. The molecule has 0 saturated carbocycles. The maximum atomic E-state index is 13.5. The minimum Gasteiger partial charge on any atom is -0.361 e. The third kappa shape index (κ3) is 3.18. The van der Waals surface area contributed by atoms with Crippen LogP contribution in [-0.2, 0) is 6.54 Å². The van der Waals surface area contributed by atoms with Crippen LogP contribution in [0.15, 0.2) is 22.7 Å². The Morgan fingerprint density at radius 1 is 1.38 bits per heavy atom. The number of urea groups is 1. The summed E-state index contributed by atoms with van der Waals surface area (Å²) in [5.41, 5.74) is 1.27. The molecule has 0 saturated heterocycles. The van der Waals surface area contributed by atoms with E-state index in [9.17, 15) is 13.6 Å². The van der Waals surface area contributed by atoms with Crippen molar-refractivity contribution >= 4 is 11.7 Å². The molecule has 21 heavy (non-hydrogen) atoms. The van der Waals surface area contributed by atoms with Crippen LogP contribution in [0.3, 0.4) is 0 Å². The number of carbonyl (C=O) groups excluding carboxylic acids is 1. The Kier molecular flexibility index (Phi) is 4.21. The summed E-state index contributed by atoms with van der Waals surface area (Å²) in [6.45, 7) is 3.76. The molecular weight excluding hydrogens is 280 g/mol. The zero-order valence-corrected chi connectivity index (χ0v) is 11.9. The number of halogens is 2. The predicted molar refractivity (Wildman–Crippen MR) is 72.8 cm³/mol. The number of hydrogen-bond donors (Lipinski definition) is 1. The van der Waals surface area contributed by atoms with Crippen molar-refractivity contribution in [1.82, 2.24) is 10.1 Å². The van der Waals surface area contributed by atoms with Crippen molar-refractivity contribution in [1.29, 1.82) is 0 Å². The topological polar surface area (TPSA) is 58.4 Å². The van der Waals surface area contributed by atoms with Gasteiger partial charge < -0.3 is 14.7 Å². The maximum Gasteiger partial charge on any atom is 0.321 e. The average molecular weight is 295 g/mol. The lowest BCUT2D eigenvalue weighted by Crippen LogP contribution is -2.31. The van der Waals surface area contributed by atoms with Gasteiger partial charge in [0.2, 0.25) is 0 Å². The lowest BCUT2D eigenvalue weighted by molar-refractivity contribution is 0.220. The lowest BCUT2D eigenvalue weighted by Gasteiger charge is -2.18. The second-order valence-corrected chi connectivity index (χ2v) is 4.69. The third-order valence-electron chi connectivity index (χ3n) is 3.12. The van der Waals surface area contributed by atoms with Crippen LogP contribution < -0.4 is 5.32 Å². The molecule has 0 fully saturated rings. The summed E-state index contributed by atoms with van der Waals surface area (Å²) in [6, 6.07) is 3.04. The van der Waals surface area contributed by atoms with Gasteiger partial charge in [0.1, 0.15) is 5.76 Å². The zero-order valence-electron chi connectivity index (χ0n) is 11.9. The molecule has 2 rings (SSSR count). The van der Waals surface area contributed by atoms with Crippen molar-refractivity contribution in [3.63, 3.8) is 0 Å². The monoisotopic (exact) mass is 295 g/mol. The Bertz CT molecular complexity index is 651. The first-order chi connectivity index (χ1) is 9.90. The van der Waals surface area contributed by atoms with E-state index in [-0.39, 0.29) is 12.2 Å². The second-order valence-electron chi connectivity index (χ2n) is 4.69. The highest BCUT2D eigenvalue weighted by Crippen LogP contribution is 2.18. The summed E-state index contributed by atoms with van der Waals surface area (Å²) in [4.78, 5) is 13.3. The number of aromatic nitrogens is 1. The van der Waals surface area contributed by atoms with Gasteiger partial charge in [-0.1, -0.05) is 11.2 Å². The molecule has 0 spiro atoms. The van der Waals surface area contributed by atoms with E-state index in [0.29, 0.717) is 11.5 Å². The first kappa shape index (κ1) is 15.0. The number of nitrogens with zero attached hydrogens (tertiary/aromatic N) is 2. The molecule has 0 bridgehead atoms. The first-order valence-corrected chi connectivity index (χ1v) is 6.28. The maximum absolute atomic E-state index is 13.5. The van der Waals surface area contributed by atoms with Gasteiger partial charge in [0, 0.05) is 12.6 Å². The molecule has 1 aromatic heterocycles. The number of amides is 2. The van der Waals surface area contributed by atoms with E-state index in [1.165, 1.54) is 17.0 Å². The smallest absolute Gasteiger partial charge is 0.321 e. The van der Waals surface area contributed by atoms with Crippen LogP contribution in [0.4, 0.5) is 19.3 Å². The molecular formula is C14H15F2N3O2. The molecule has 1 aromatic carbocycles. The van der Waals surface area contributed by atoms with Gasteiger partial charge >= 0.3 is 6.03 Å². The summed E-state index contributed by atoms with van der Waals surface area (Å²) < 4.78 is 31.6. The lowest BCUT2D eigenvalue weighted by atomic mass is 10.2. The average Bonchev–Trinajstić information content (AvgIpc) is 2.75. The molecule has 2 aromatic rings. The normalized spacial score (nSPS) is 10.5. The van der Waals surface area contributed by atoms with Crippen LogP contribution in [0.25, 0.3) is 0 Å². The Labute approximate surface area is 120 Å². The molecule has 112 valence electrons. The number of carbonyl (C=O) groups is 1. The molecule has 0 aliphatic rings. The quantitative estimate of drug-likeness (QED) is 0.945. The number of benzene rings is 1. The Morgan fingerprint density at radius 2 is 2.10 bits per heavy atom. The molecule has 2 amide bonds. The van der Waals surface area contributed by atoms with E-state index in [1.807, 2.05) is 0 Å². The van der Waals surface area contributed by atoms with Crippen molar-refractivity contribution in [2.75, 3.05) is 12.4 Å². The van der Waals surface area contributed by atoms with Crippen molar-refractivity contribution < 1.29 is 18.1 Å². The fourth-order valence-electron chi connectivity index (χ4n) is 1.85. The molecule has 1 heterocycles. The van der Waals surface area contributed by atoms with Crippen LogP contribution >= 0.6 is 0 Å². The van der Waals surface area contributed by atoms with Gasteiger partial charge in [-0.15, -0.1) is 0 Å². The van der Waals surface area contributed by atoms with Gasteiger partial charge in [-0.2, -0.15) is 0 Å². The van der Waals surface area contributed by atoms with Crippen LogP contribution in [0.2, 0.25) is 0 Å². The van der Waals surface area contributed by atoms with Gasteiger partial charge in [-0.05, 0) is 26.0 Å². The van der Waals surface area contributed by atoms with Crippen LogP contribution in [-0.4, -0.2) is 23.1 Å². The number of aryl methyl sites for hydroxylation is 2. The molecule has 0 radical (unpaired) electrons. The summed E-state index contributed by atoms with van der Waals surface area (Å²) in [7, 11) is 1.54. The van der Waals surface area contributed by atoms with E-state index in [0.717, 1.165) is 11.6 Å². The van der Waals surface area contributed by atoms with Gasteiger partial charge in [-0.25, -0.2) is 13.6 Å². The summed E-state index contributed by atoms with van der Waals surface area (Å²) in [5.74, 6) is -1.48. The van der Waals surface area contributed by atoms with E-state index in [2.05, 4.69) is 10.5 Å². The van der Waals surface area contributed by atoms with E-state index < -0.39 is 17.7 Å². The minimum atomic E-state index is -1.09. The highest BCUT2D eigenvalue weighted by molar-refractivity contribution is 5.89. The van der Waals surface area contributed by atoms with Crippen molar-refractivity contribution in [2.45, 2.75) is 20.4 Å². The van der Waals surface area contributed by atoms with E-state index in [4.69, 9.17) is 4.52 Å². The fraction of sp³-hybridized carbons (Fsp3) is 0.286. The molecule has 1 N–H and O–H groups in total. The second kappa shape index (κ2) is 5.90. The van der Waals surface area contributed by atoms with Gasteiger partial charge in [0.15, 0.2) is 11.6 Å². The Morgan fingerprint density at radius 3 is 2.71 bits per heavy atom. The zero-order chi connectivity index (χ0) is 15.6. The summed E-state index contributed by atoms with van der Waals surface area (Å²) >= 11 is 0. The largest absolute Gasteiger partial charge is 0.361 e. The standard InChI is InChI=1S/C14H15F2N3O2/c1-8-10(9(2)21-18-8)7-19(3)14(20)17-12-6-4-5-11(15)13(12)16/h4-6H,7H2,1-3H3,(H,17,20). The molecule has 7 heteroatoms. The molecule has 0 aliphatic heterocycles. The van der Waals surface area contributed by atoms with Crippen LogP contribution in [0.1, 0.15) is 17.0 Å². The Hall–Kier alpha value is -2.44. The van der Waals surface area contributed by atoms with Crippen LogP contribution in [0, 0.1) is 25.5 Å². The van der Waals surface area contributed by atoms with Crippen molar-refractivity contribution in [2.24, 2.45) is 0 Å². The highest BCUT2D eigenvalue weighted by atomic mass is 19.2. The van der Waals surface area contributed by atoms with Crippen molar-refractivity contribution in [3.05, 3.63) is 46.9 Å². The molecule has 5 nitrogen and oxygen atoms in total. The number of anilines is 1. The van der Waals surface area contributed by atoms with Crippen molar-refractivity contribution in [3.8, 4) is 0 Å². The first-order valence-electron chi connectivity index (χ1n) is 6.28. The summed E-state index contributed by atoms with van der Waals surface area (Å²) in [5, 5.41) is 6.12. The highest BCUT2D eigenvalue weighted by Gasteiger charge is 2.17. The molecule has 0 aliphatic carbocycles. The fourth-order valence-corrected chi connectivity index (χ4v) is 1.85. The van der Waals surface area contributed by atoms with Gasteiger partial charge in [0.05, 0.1) is 17.9 Å². The SMILES string of the molecule is Cc1noc(C)c1CN(C)C(=O)Nc1cccc(F)c1F. The minimum absolute atomic E-state index is 0.203. The molecule has 0 atom stereocenters. The Balaban J connectivity index is 2.08. The third-order valence-corrected chi connectivity index (χ3v) is 3.12. The van der Waals surface area contributed by atoms with Gasteiger partial charge in [-0.3, -0.25) is 0 Å².